The molecule has 1 aliphatic carbocycles. The molecule has 0 aromatic rings. The molecule has 0 radical (unpaired) electrons. The quantitative estimate of drug-likeness (QED) is 0.864. The Bertz CT molecular complexity index is 347. The first-order valence-corrected chi connectivity index (χ1v) is 9.27. The zero-order valence-electron chi connectivity index (χ0n) is 14.3. The van der Waals surface area contributed by atoms with E-state index in [9.17, 15) is 0 Å². The molecule has 3 heteroatoms. The Hall–Kier alpha value is -0.120. The molecule has 2 saturated heterocycles. The zero-order valence-corrected chi connectivity index (χ0v) is 14.3. The zero-order chi connectivity index (χ0) is 14.9. The summed E-state index contributed by atoms with van der Waals surface area (Å²) in [6.45, 7) is 10.4. The van der Waals surface area contributed by atoms with Gasteiger partial charge in [-0.3, -0.25) is 4.90 Å². The van der Waals surface area contributed by atoms with Gasteiger partial charge in [0.2, 0.25) is 0 Å². The summed E-state index contributed by atoms with van der Waals surface area (Å²) in [5.74, 6) is 0. The first-order chi connectivity index (χ1) is 10.1. The van der Waals surface area contributed by atoms with E-state index in [1.165, 1.54) is 51.6 Å². The molecule has 21 heavy (non-hydrogen) atoms. The van der Waals surface area contributed by atoms with Gasteiger partial charge < -0.3 is 10.1 Å². The van der Waals surface area contributed by atoms with E-state index in [0.717, 1.165) is 25.5 Å². The summed E-state index contributed by atoms with van der Waals surface area (Å²) in [5, 5.41) is 3.89. The minimum absolute atomic E-state index is 0.149. The SMILES string of the molecule is CCC1(CC)CC(N2CC3(CCCC3)NCC2C)CCO1. The molecule has 2 aliphatic heterocycles. The summed E-state index contributed by atoms with van der Waals surface area (Å²) in [7, 11) is 0. The molecule has 3 rings (SSSR count). The lowest BCUT2D eigenvalue weighted by Crippen LogP contribution is -2.65. The number of rotatable bonds is 3. The lowest BCUT2D eigenvalue weighted by Gasteiger charge is -2.52. The Kier molecular flexibility index (Phi) is 4.63. The molecule has 2 unspecified atom stereocenters. The molecule has 1 N–H and O–H groups in total. The molecular formula is C18H34N2O. The van der Waals surface area contributed by atoms with Gasteiger partial charge in [0.25, 0.3) is 0 Å². The molecule has 1 spiro atoms. The van der Waals surface area contributed by atoms with Crippen molar-refractivity contribution in [2.24, 2.45) is 0 Å². The van der Waals surface area contributed by atoms with Crippen LogP contribution in [0.15, 0.2) is 0 Å². The molecule has 3 nitrogen and oxygen atoms in total. The third-order valence-corrected chi connectivity index (χ3v) is 6.61. The van der Waals surface area contributed by atoms with Gasteiger partial charge in [-0.2, -0.15) is 0 Å². The normalized spacial score (nSPS) is 36.1. The van der Waals surface area contributed by atoms with Crippen molar-refractivity contribution < 1.29 is 4.74 Å². The third kappa shape index (κ3) is 3.02. The number of nitrogens with zero attached hydrogens (tertiary/aromatic N) is 1. The van der Waals surface area contributed by atoms with Gasteiger partial charge in [-0.05, 0) is 45.4 Å². The second-order valence-electron chi connectivity index (χ2n) is 7.77. The Morgan fingerprint density at radius 2 is 1.90 bits per heavy atom. The van der Waals surface area contributed by atoms with Crippen LogP contribution in [-0.2, 0) is 4.74 Å². The van der Waals surface area contributed by atoms with E-state index < -0.39 is 0 Å². The second-order valence-corrected chi connectivity index (χ2v) is 7.77. The summed E-state index contributed by atoms with van der Waals surface area (Å²) in [6, 6.07) is 1.40. The minimum Gasteiger partial charge on any atom is -0.375 e. The van der Waals surface area contributed by atoms with Gasteiger partial charge in [-0.15, -0.1) is 0 Å². The lowest BCUT2D eigenvalue weighted by molar-refractivity contribution is -0.120. The standard InChI is InChI=1S/C18H34N2O/c1-4-18(5-2)12-16(8-11-21-18)20-14-17(9-6-7-10-17)19-13-15(20)3/h15-16,19H,4-14H2,1-3H3. The fourth-order valence-corrected chi connectivity index (χ4v) is 4.95. The first kappa shape index (κ1) is 15.8. The topological polar surface area (TPSA) is 24.5 Å². The van der Waals surface area contributed by atoms with Crippen LogP contribution in [0.4, 0.5) is 0 Å². The molecule has 0 aromatic heterocycles. The van der Waals surface area contributed by atoms with E-state index in [2.05, 4.69) is 31.0 Å². The van der Waals surface area contributed by atoms with E-state index in [0.29, 0.717) is 11.6 Å². The molecule has 122 valence electrons. The molecule has 1 saturated carbocycles. The Morgan fingerprint density at radius 1 is 1.19 bits per heavy atom. The van der Waals surface area contributed by atoms with Crippen LogP contribution in [0.25, 0.3) is 0 Å². The summed E-state index contributed by atoms with van der Waals surface area (Å²) in [6.07, 6.45) is 10.4. The van der Waals surface area contributed by atoms with Crippen molar-refractivity contribution >= 4 is 0 Å². The number of nitrogens with one attached hydrogen (secondary N) is 1. The Labute approximate surface area is 130 Å². The molecule has 0 aromatic carbocycles. The van der Waals surface area contributed by atoms with E-state index in [4.69, 9.17) is 4.74 Å². The maximum atomic E-state index is 6.19. The molecule has 3 fully saturated rings. The Balaban J connectivity index is 1.71. The smallest absolute Gasteiger partial charge is 0.0692 e. The van der Waals surface area contributed by atoms with Gasteiger partial charge >= 0.3 is 0 Å². The fraction of sp³-hybridized carbons (Fsp3) is 1.00. The van der Waals surface area contributed by atoms with Gasteiger partial charge in [-0.1, -0.05) is 26.7 Å². The van der Waals surface area contributed by atoms with Crippen LogP contribution >= 0.6 is 0 Å². The number of ether oxygens (including phenoxy) is 1. The maximum absolute atomic E-state index is 6.19. The summed E-state index contributed by atoms with van der Waals surface area (Å²) >= 11 is 0. The predicted octanol–water partition coefficient (Wildman–Crippen LogP) is 3.33. The summed E-state index contributed by atoms with van der Waals surface area (Å²) in [5.41, 5.74) is 0.586. The maximum Gasteiger partial charge on any atom is 0.0692 e. The molecule has 3 aliphatic rings. The third-order valence-electron chi connectivity index (χ3n) is 6.61. The van der Waals surface area contributed by atoms with Crippen molar-refractivity contribution in [1.29, 1.82) is 0 Å². The molecular weight excluding hydrogens is 260 g/mol. The number of piperazine rings is 1. The second kappa shape index (κ2) is 6.17. The monoisotopic (exact) mass is 294 g/mol. The number of hydrogen-bond donors (Lipinski definition) is 1. The highest BCUT2D eigenvalue weighted by Gasteiger charge is 2.44. The minimum atomic E-state index is 0.149. The largest absolute Gasteiger partial charge is 0.375 e. The highest BCUT2D eigenvalue weighted by molar-refractivity contribution is 5.03. The summed E-state index contributed by atoms with van der Waals surface area (Å²) < 4.78 is 6.19. The molecule has 0 bridgehead atoms. The van der Waals surface area contributed by atoms with Gasteiger partial charge in [0.1, 0.15) is 0 Å². The number of hydrogen-bond acceptors (Lipinski definition) is 3. The van der Waals surface area contributed by atoms with Gasteiger partial charge in [0.05, 0.1) is 5.60 Å². The van der Waals surface area contributed by atoms with Crippen molar-refractivity contribution in [3.8, 4) is 0 Å². The van der Waals surface area contributed by atoms with Crippen LogP contribution < -0.4 is 5.32 Å². The van der Waals surface area contributed by atoms with Gasteiger partial charge in [0, 0.05) is 37.3 Å². The van der Waals surface area contributed by atoms with E-state index in [1.54, 1.807) is 0 Å². The van der Waals surface area contributed by atoms with E-state index in [-0.39, 0.29) is 5.60 Å². The first-order valence-electron chi connectivity index (χ1n) is 9.27. The average Bonchev–Trinajstić information content (AvgIpc) is 2.98. The fourth-order valence-electron chi connectivity index (χ4n) is 4.95. The lowest BCUT2D eigenvalue weighted by atomic mass is 9.83. The highest BCUT2D eigenvalue weighted by Crippen LogP contribution is 2.38. The molecule has 0 amide bonds. The van der Waals surface area contributed by atoms with Crippen LogP contribution in [-0.4, -0.2) is 47.8 Å². The predicted molar refractivity (Wildman–Crippen MR) is 87.7 cm³/mol. The van der Waals surface area contributed by atoms with Crippen LogP contribution in [0.1, 0.15) is 72.1 Å². The van der Waals surface area contributed by atoms with Crippen molar-refractivity contribution in [1.82, 2.24) is 10.2 Å². The van der Waals surface area contributed by atoms with E-state index in [1.807, 2.05) is 0 Å². The van der Waals surface area contributed by atoms with Crippen LogP contribution in [0.2, 0.25) is 0 Å². The van der Waals surface area contributed by atoms with Crippen molar-refractivity contribution in [3.05, 3.63) is 0 Å². The average molecular weight is 294 g/mol. The molecule has 2 heterocycles. The van der Waals surface area contributed by atoms with Crippen LogP contribution in [0.3, 0.4) is 0 Å². The van der Waals surface area contributed by atoms with Gasteiger partial charge in [-0.25, -0.2) is 0 Å². The van der Waals surface area contributed by atoms with Crippen molar-refractivity contribution in [2.75, 3.05) is 19.7 Å². The summed E-state index contributed by atoms with van der Waals surface area (Å²) in [4.78, 5) is 2.84. The van der Waals surface area contributed by atoms with Crippen LogP contribution in [0.5, 0.6) is 0 Å². The van der Waals surface area contributed by atoms with Gasteiger partial charge in [0.15, 0.2) is 0 Å². The van der Waals surface area contributed by atoms with Crippen molar-refractivity contribution in [3.63, 3.8) is 0 Å². The van der Waals surface area contributed by atoms with Crippen LogP contribution in [0, 0.1) is 0 Å². The highest BCUT2D eigenvalue weighted by atomic mass is 16.5. The van der Waals surface area contributed by atoms with E-state index >= 15 is 0 Å². The molecule has 2 atom stereocenters. The van der Waals surface area contributed by atoms with Crippen molar-refractivity contribution in [2.45, 2.75) is 95.4 Å². The Morgan fingerprint density at radius 3 is 2.57 bits per heavy atom.